The van der Waals surface area contributed by atoms with Crippen molar-refractivity contribution in [2.24, 2.45) is 5.92 Å². The topological polar surface area (TPSA) is 64.4 Å². The standard InChI is InChI=1S/C21H28ClN3O3S/c1-24(12-17-5-2-3-7-20(17)22)13-18-11-23-21(29(26,27)15-16-8-9-16)25(18)14-19-6-4-10-28-19/h2-3,5,7,11,16,19H,4,6,8-10,12-15H2,1H3. The van der Waals surface area contributed by atoms with Gasteiger partial charge in [0, 0.05) is 24.7 Å². The van der Waals surface area contributed by atoms with Gasteiger partial charge in [0.05, 0.1) is 30.3 Å². The minimum atomic E-state index is -3.39. The predicted octanol–water partition coefficient (Wildman–Crippen LogP) is 3.53. The van der Waals surface area contributed by atoms with E-state index in [4.69, 9.17) is 16.3 Å². The zero-order valence-corrected chi connectivity index (χ0v) is 18.3. The van der Waals surface area contributed by atoms with E-state index in [2.05, 4.69) is 9.88 Å². The number of rotatable bonds is 9. The van der Waals surface area contributed by atoms with E-state index in [9.17, 15) is 8.42 Å². The third-order valence-corrected chi connectivity index (χ3v) is 7.73. The molecule has 1 saturated heterocycles. The molecule has 0 bridgehead atoms. The first-order chi connectivity index (χ1) is 13.9. The minimum absolute atomic E-state index is 0.0479. The van der Waals surface area contributed by atoms with Crippen LogP contribution in [0.25, 0.3) is 0 Å². The molecule has 2 aliphatic rings. The van der Waals surface area contributed by atoms with Gasteiger partial charge < -0.3 is 9.30 Å². The van der Waals surface area contributed by atoms with Gasteiger partial charge >= 0.3 is 0 Å². The van der Waals surface area contributed by atoms with Crippen molar-refractivity contribution in [1.82, 2.24) is 14.5 Å². The Morgan fingerprint density at radius 1 is 1.24 bits per heavy atom. The van der Waals surface area contributed by atoms with Gasteiger partial charge in [-0.1, -0.05) is 29.8 Å². The number of sulfone groups is 1. The average molecular weight is 438 g/mol. The predicted molar refractivity (Wildman–Crippen MR) is 113 cm³/mol. The maximum absolute atomic E-state index is 13.0. The molecule has 8 heteroatoms. The normalized spacial score (nSPS) is 19.9. The summed E-state index contributed by atoms with van der Waals surface area (Å²) in [4.78, 5) is 6.48. The third-order valence-electron chi connectivity index (χ3n) is 5.57. The number of hydrogen-bond acceptors (Lipinski definition) is 5. The molecule has 1 saturated carbocycles. The highest BCUT2D eigenvalue weighted by molar-refractivity contribution is 7.91. The zero-order chi connectivity index (χ0) is 20.4. The van der Waals surface area contributed by atoms with Crippen LogP contribution < -0.4 is 0 Å². The summed E-state index contributed by atoms with van der Waals surface area (Å²) in [6.07, 6.45) is 5.72. The van der Waals surface area contributed by atoms with Crippen LogP contribution in [-0.2, 0) is 34.2 Å². The smallest absolute Gasteiger partial charge is 0.227 e. The Hall–Kier alpha value is -1.41. The minimum Gasteiger partial charge on any atom is -0.376 e. The zero-order valence-electron chi connectivity index (χ0n) is 16.8. The molecule has 0 amide bonds. The maximum atomic E-state index is 13.0. The van der Waals surface area contributed by atoms with Crippen LogP contribution in [0.2, 0.25) is 5.02 Å². The van der Waals surface area contributed by atoms with Gasteiger partial charge in [-0.2, -0.15) is 0 Å². The van der Waals surface area contributed by atoms with E-state index in [0.29, 0.717) is 25.6 Å². The molecule has 1 aromatic heterocycles. The van der Waals surface area contributed by atoms with Gasteiger partial charge in [-0.25, -0.2) is 13.4 Å². The second-order valence-corrected chi connectivity index (χ2v) is 10.6. The molecule has 1 aliphatic heterocycles. The summed E-state index contributed by atoms with van der Waals surface area (Å²) in [5.41, 5.74) is 1.94. The van der Waals surface area contributed by atoms with Gasteiger partial charge in [-0.05, 0) is 50.3 Å². The number of nitrogens with zero attached hydrogens (tertiary/aromatic N) is 3. The van der Waals surface area contributed by atoms with Crippen molar-refractivity contribution in [1.29, 1.82) is 0 Å². The van der Waals surface area contributed by atoms with Gasteiger partial charge in [0.15, 0.2) is 0 Å². The summed E-state index contributed by atoms with van der Waals surface area (Å²) in [7, 11) is -1.39. The molecule has 1 unspecified atom stereocenters. The van der Waals surface area contributed by atoms with Crippen LogP contribution in [-0.4, -0.2) is 48.4 Å². The van der Waals surface area contributed by atoms with E-state index >= 15 is 0 Å². The summed E-state index contributed by atoms with van der Waals surface area (Å²) >= 11 is 6.29. The van der Waals surface area contributed by atoms with E-state index in [0.717, 1.165) is 48.6 Å². The fraction of sp³-hybridized carbons (Fsp3) is 0.571. The second kappa shape index (κ2) is 8.76. The van der Waals surface area contributed by atoms with Crippen molar-refractivity contribution in [3.63, 3.8) is 0 Å². The number of imidazole rings is 1. The first kappa shape index (κ1) is 20.8. The van der Waals surface area contributed by atoms with Crippen molar-refractivity contribution in [2.45, 2.75) is 56.6 Å². The molecule has 0 radical (unpaired) electrons. The molecular weight excluding hydrogens is 410 g/mol. The molecule has 158 valence electrons. The first-order valence-corrected chi connectivity index (χ1v) is 12.3. The van der Waals surface area contributed by atoms with Crippen LogP contribution in [0.5, 0.6) is 0 Å². The fourth-order valence-electron chi connectivity index (χ4n) is 3.87. The Bertz CT molecular complexity index is 950. The molecule has 2 fully saturated rings. The molecule has 1 aliphatic carbocycles. The molecule has 29 heavy (non-hydrogen) atoms. The van der Waals surface area contributed by atoms with Crippen molar-refractivity contribution < 1.29 is 13.2 Å². The molecule has 2 aromatic rings. The molecule has 1 atom stereocenters. The summed E-state index contributed by atoms with van der Waals surface area (Å²) in [5, 5.41) is 0.931. The molecular formula is C21H28ClN3O3S. The lowest BCUT2D eigenvalue weighted by molar-refractivity contribution is 0.0934. The summed E-state index contributed by atoms with van der Waals surface area (Å²) < 4.78 is 33.6. The first-order valence-electron chi connectivity index (χ1n) is 10.2. The SMILES string of the molecule is CN(Cc1ccccc1Cl)Cc1cnc(S(=O)(=O)CC2CC2)n1CC1CCCO1. The maximum Gasteiger partial charge on any atom is 0.227 e. The molecule has 4 rings (SSSR count). The lowest BCUT2D eigenvalue weighted by Crippen LogP contribution is -2.25. The Morgan fingerprint density at radius 3 is 2.72 bits per heavy atom. The molecule has 0 spiro atoms. The highest BCUT2D eigenvalue weighted by atomic mass is 35.5. The summed E-state index contributed by atoms with van der Waals surface area (Å²) in [6, 6.07) is 7.78. The number of benzene rings is 1. The Morgan fingerprint density at radius 2 is 2.03 bits per heavy atom. The van der Waals surface area contributed by atoms with Crippen LogP contribution in [0.3, 0.4) is 0 Å². The van der Waals surface area contributed by atoms with Gasteiger partial charge in [-0.3, -0.25) is 4.90 Å². The van der Waals surface area contributed by atoms with Gasteiger partial charge in [0.1, 0.15) is 0 Å². The van der Waals surface area contributed by atoms with Crippen LogP contribution in [0.4, 0.5) is 0 Å². The van der Waals surface area contributed by atoms with Crippen molar-refractivity contribution in [2.75, 3.05) is 19.4 Å². The van der Waals surface area contributed by atoms with E-state index in [1.807, 2.05) is 35.9 Å². The summed E-state index contributed by atoms with van der Waals surface area (Å²) in [5.74, 6) is 0.490. The van der Waals surface area contributed by atoms with Gasteiger partial charge in [0.25, 0.3) is 0 Å². The van der Waals surface area contributed by atoms with Crippen molar-refractivity contribution in [3.05, 3.63) is 46.7 Å². The van der Waals surface area contributed by atoms with E-state index in [1.165, 1.54) is 0 Å². The van der Waals surface area contributed by atoms with Crippen molar-refractivity contribution in [3.8, 4) is 0 Å². The Balaban J connectivity index is 1.55. The number of ether oxygens (including phenoxy) is 1. The second-order valence-electron chi connectivity index (χ2n) is 8.27. The lowest BCUT2D eigenvalue weighted by Gasteiger charge is -2.21. The monoisotopic (exact) mass is 437 g/mol. The quantitative estimate of drug-likeness (QED) is 0.600. The Labute approximate surface area is 177 Å². The number of hydrogen-bond donors (Lipinski definition) is 0. The largest absolute Gasteiger partial charge is 0.376 e. The molecule has 2 heterocycles. The summed E-state index contributed by atoms with van der Waals surface area (Å²) in [6.45, 7) is 2.54. The molecule has 6 nitrogen and oxygen atoms in total. The van der Waals surface area contributed by atoms with Gasteiger partial charge in [0.2, 0.25) is 15.0 Å². The highest BCUT2D eigenvalue weighted by Gasteiger charge is 2.33. The van der Waals surface area contributed by atoms with Crippen LogP contribution in [0, 0.1) is 5.92 Å². The van der Waals surface area contributed by atoms with E-state index < -0.39 is 9.84 Å². The van der Waals surface area contributed by atoms with Crippen molar-refractivity contribution >= 4 is 21.4 Å². The Kier molecular flexibility index (Phi) is 6.30. The molecule has 0 N–H and O–H groups in total. The number of halogens is 1. The fourth-order valence-corrected chi connectivity index (χ4v) is 5.91. The van der Waals surface area contributed by atoms with Crippen LogP contribution in [0.1, 0.15) is 36.9 Å². The highest BCUT2D eigenvalue weighted by Crippen LogP contribution is 2.32. The van der Waals surface area contributed by atoms with Gasteiger partial charge in [-0.15, -0.1) is 0 Å². The van der Waals surface area contributed by atoms with Crippen LogP contribution in [0.15, 0.2) is 35.6 Å². The van der Waals surface area contributed by atoms with Crippen LogP contribution >= 0.6 is 11.6 Å². The van der Waals surface area contributed by atoms with E-state index in [-0.39, 0.29) is 17.0 Å². The average Bonchev–Trinajstić information content (AvgIpc) is 3.15. The van der Waals surface area contributed by atoms with E-state index in [1.54, 1.807) is 6.20 Å². The third kappa shape index (κ3) is 5.20. The number of aromatic nitrogens is 2. The lowest BCUT2D eigenvalue weighted by atomic mass is 10.2. The molecule has 1 aromatic carbocycles.